The van der Waals surface area contributed by atoms with Gasteiger partial charge in [0.1, 0.15) is 0 Å². The number of nitrogen functional groups attached to an aromatic ring is 1. The topological polar surface area (TPSA) is 75.4 Å². The zero-order valence-electron chi connectivity index (χ0n) is 12.1. The number of sulfonamides is 1. The highest BCUT2D eigenvalue weighted by Crippen LogP contribution is 2.18. The van der Waals surface area contributed by atoms with Gasteiger partial charge in [0, 0.05) is 18.8 Å². The Morgan fingerprint density at radius 2 is 2.20 bits per heavy atom. The van der Waals surface area contributed by atoms with E-state index in [1.165, 1.54) is 6.07 Å². The van der Waals surface area contributed by atoms with Crippen LogP contribution in [0.4, 0.5) is 5.69 Å². The van der Waals surface area contributed by atoms with Crippen molar-refractivity contribution in [2.75, 3.05) is 32.4 Å². The predicted molar refractivity (Wildman–Crippen MR) is 81.0 cm³/mol. The molecule has 1 aliphatic heterocycles. The summed E-state index contributed by atoms with van der Waals surface area (Å²) in [5.74, 6) is 0.381. The Labute approximate surface area is 121 Å². The molecule has 1 saturated heterocycles. The summed E-state index contributed by atoms with van der Waals surface area (Å²) < 4.78 is 27.2. The summed E-state index contributed by atoms with van der Waals surface area (Å²) in [4.78, 5) is 2.48. The number of hydrogen-bond acceptors (Lipinski definition) is 4. The van der Waals surface area contributed by atoms with Gasteiger partial charge in [-0.1, -0.05) is 6.07 Å². The van der Waals surface area contributed by atoms with Crippen LogP contribution >= 0.6 is 0 Å². The number of nitrogens with two attached hydrogens (primary N) is 1. The van der Waals surface area contributed by atoms with Crippen molar-refractivity contribution in [3.8, 4) is 0 Å². The number of piperidine rings is 1. The first-order chi connectivity index (χ1) is 9.38. The van der Waals surface area contributed by atoms with E-state index < -0.39 is 10.0 Å². The maximum atomic E-state index is 12.2. The predicted octanol–water partition coefficient (Wildman–Crippen LogP) is 1.20. The van der Waals surface area contributed by atoms with Crippen LogP contribution in [0.2, 0.25) is 0 Å². The minimum atomic E-state index is -3.46. The summed E-state index contributed by atoms with van der Waals surface area (Å²) in [5, 5.41) is 0. The van der Waals surface area contributed by atoms with Gasteiger partial charge in [-0.25, -0.2) is 13.1 Å². The average molecular weight is 297 g/mol. The van der Waals surface area contributed by atoms with Crippen molar-refractivity contribution in [2.45, 2.75) is 24.7 Å². The van der Waals surface area contributed by atoms with Crippen LogP contribution in [-0.2, 0) is 10.0 Å². The highest BCUT2D eigenvalue weighted by molar-refractivity contribution is 7.89. The van der Waals surface area contributed by atoms with Crippen LogP contribution in [-0.4, -0.2) is 40.0 Å². The van der Waals surface area contributed by atoms with Gasteiger partial charge in [0.05, 0.1) is 4.90 Å². The van der Waals surface area contributed by atoms with Crippen LogP contribution < -0.4 is 10.5 Å². The molecule has 1 heterocycles. The lowest BCUT2D eigenvalue weighted by Gasteiger charge is -2.29. The molecule has 20 heavy (non-hydrogen) atoms. The second kappa shape index (κ2) is 6.11. The second-order valence-electron chi connectivity index (χ2n) is 5.64. The lowest BCUT2D eigenvalue weighted by atomic mass is 9.99. The van der Waals surface area contributed by atoms with Crippen molar-refractivity contribution < 1.29 is 8.42 Å². The first-order valence-electron chi connectivity index (χ1n) is 6.93. The van der Waals surface area contributed by atoms with Gasteiger partial charge < -0.3 is 10.6 Å². The van der Waals surface area contributed by atoms with E-state index in [-0.39, 0.29) is 4.90 Å². The van der Waals surface area contributed by atoms with Crippen LogP contribution in [0.25, 0.3) is 0 Å². The SMILES string of the molecule is Cc1ccc(S(=O)(=O)NCC2CCCN(C)C2)cc1N. The highest BCUT2D eigenvalue weighted by atomic mass is 32.2. The molecule has 3 N–H and O–H groups in total. The molecule has 2 rings (SSSR count). The summed E-state index contributed by atoms with van der Waals surface area (Å²) in [5.41, 5.74) is 7.17. The molecule has 5 nitrogen and oxygen atoms in total. The molecule has 0 aliphatic carbocycles. The third kappa shape index (κ3) is 3.71. The van der Waals surface area contributed by atoms with E-state index in [0.29, 0.717) is 18.2 Å². The zero-order valence-corrected chi connectivity index (χ0v) is 12.9. The standard InChI is InChI=1S/C14H23N3O2S/c1-11-5-6-13(8-14(11)15)20(18,19)16-9-12-4-3-7-17(2)10-12/h5-6,8,12,16H,3-4,7,9-10,15H2,1-2H3. The summed E-state index contributed by atoms with van der Waals surface area (Å²) in [6.45, 7) is 4.38. The maximum Gasteiger partial charge on any atom is 0.240 e. The number of hydrogen-bond donors (Lipinski definition) is 2. The Bertz CT molecular complexity index is 572. The van der Waals surface area contributed by atoms with Gasteiger partial charge in [-0.3, -0.25) is 0 Å². The van der Waals surface area contributed by atoms with E-state index in [2.05, 4.69) is 16.7 Å². The van der Waals surface area contributed by atoms with Gasteiger partial charge in [-0.2, -0.15) is 0 Å². The Morgan fingerprint density at radius 1 is 1.45 bits per heavy atom. The number of benzene rings is 1. The van der Waals surface area contributed by atoms with Gasteiger partial charge in [-0.05, 0) is 57.0 Å². The molecular weight excluding hydrogens is 274 g/mol. The smallest absolute Gasteiger partial charge is 0.240 e. The Hall–Kier alpha value is -1.11. The van der Waals surface area contributed by atoms with Gasteiger partial charge in [-0.15, -0.1) is 0 Å². The second-order valence-corrected chi connectivity index (χ2v) is 7.41. The largest absolute Gasteiger partial charge is 0.398 e. The van der Waals surface area contributed by atoms with Crippen LogP contribution in [0.15, 0.2) is 23.1 Å². The van der Waals surface area contributed by atoms with Crippen LogP contribution in [0.1, 0.15) is 18.4 Å². The lowest BCUT2D eigenvalue weighted by Crippen LogP contribution is -2.39. The van der Waals surface area contributed by atoms with Gasteiger partial charge in [0.25, 0.3) is 0 Å². The van der Waals surface area contributed by atoms with Crippen molar-refractivity contribution in [1.29, 1.82) is 0 Å². The van der Waals surface area contributed by atoms with Gasteiger partial charge >= 0.3 is 0 Å². The number of nitrogens with one attached hydrogen (secondary N) is 1. The third-order valence-corrected chi connectivity index (χ3v) is 5.27. The minimum absolute atomic E-state index is 0.241. The van der Waals surface area contributed by atoms with E-state index in [1.54, 1.807) is 12.1 Å². The first-order valence-corrected chi connectivity index (χ1v) is 8.41. The molecule has 0 spiro atoms. The molecule has 112 valence electrons. The molecule has 1 aromatic rings. The number of nitrogens with zero attached hydrogens (tertiary/aromatic N) is 1. The molecule has 0 aromatic heterocycles. The normalized spacial score (nSPS) is 21.0. The molecule has 1 aliphatic rings. The van der Waals surface area contributed by atoms with Gasteiger partial charge in [0.2, 0.25) is 10.0 Å². The first kappa shape index (κ1) is 15.3. The van der Waals surface area contributed by atoms with E-state index in [0.717, 1.165) is 31.5 Å². The van der Waals surface area contributed by atoms with E-state index in [9.17, 15) is 8.42 Å². The fraction of sp³-hybridized carbons (Fsp3) is 0.571. The minimum Gasteiger partial charge on any atom is -0.398 e. The summed E-state index contributed by atoms with van der Waals surface area (Å²) in [7, 11) is -1.39. The summed E-state index contributed by atoms with van der Waals surface area (Å²) in [6, 6.07) is 4.85. The van der Waals surface area contributed by atoms with Crippen molar-refractivity contribution in [3.63, 3.8) is 0 Å². The molecule has 0 bridgehead atoms. The molecule has 1 fully saturated rings. The van der Waals surface area contributed by atoms with E-state index in [1.807, 2.05) is 6.92 Å². The molecule has 0 saturated carbocycles. The molecular formula is C14H23N3O2S. The van der Waals surface area contributed by atoms with Crippen molar-refractivity contribution in [1.82, 2.24) is 9.62 Å². The maximum absolute atomic E-state index is 12.2. The average Bonchev–Trinajstić information content (AvgIpc) is 2.40. The molecule has 0 amide bonds. The number of rotatable bonds is 4. The molecule has 1 unspecified atom stereocenters. The van der Waals surface area contributed by atoms with Crippen molar-refractivity contribution in [2.24, 2.45) is 5.92 Å². The van der Waals surface area contributed by atoms with Crippen LogP contribution in [0.3, 0.4) is 0 Å². The lowest BCUT2D eigenvalue weighted by molar-refractivity contribution is 0.211. The Balaban J connectivity index is 2.01. The van der Waals surface area contributed by atoms with Crippen molar-refractivity contribution >= 4 is 15.7 Å². The number of likely N-dealkylation sites (tertiary alicyclic amines) is 1. The Kier molecular flexibility index (Phi) is 4.67. The monoisotopic (exact) mass is 297 g/mol. The van der Waals surface area contributed by atoms with Crippen molar-refractivity contribution in [3.05, 3.63) is 23.8 Å². The van der Waals surface area contributed by atoms with Crippen LogP contribution in [0, 0.1) is 12.8 Å². The fourth-order valence-electron chi connectivity index (χ4n) is 2.54. The fourth-order valence-corrected chi connectivity index (χ4v) is 3.69. The quantitative estimate of drug-likeness (QED) is 0.819. The van der Waals surface area contributed by atoms with E-state index in [4.69, 9.17) is 5.73 Å². The number of anilines is 1. The Morgan fingerprint density at radius 3 is 2.85 bits per heavy atom. The zero-order chi connectivity index (χ0) is 14.8. The highest BCUT2D eigenvalue weighted by Gasteiger charge is 2.21. The number of aryl methyl sites for hydroxylation is 1. The van der Waals surface area contributed by atoms with Crippen LogP contribution in [0.5, 0.6) is 0 Å². The molecule has 6 heteroatoms. The molecule has 0 radical (unpaired) electrons. The van der Waals surface area contributed by atoms with Gasteiger partial charge in [0.15, 0.2) is 0 Å². The summed E-state index contributed by atoms with van der Waals surface area (Å²) >= 11 is 0. The molecule has 1 aromatic carbocycles. The summed E-state index contributed by atoms with van der Waals surface area (Å²) in [6.07, 6.45) is 2.20. The van der Waals surface area contributed by atoms with E-state index >= 15 is 0 Å². The molecule has 1 atom stereocenters. The third-order valence-electron chi connectivity index (χ3n) is 3.85.